The number of carbonyl (C=O) groups is 2. The number of ether oxygens (including phenoxy) is 1. The van der Waals surface area contributed by atoms with Crippen LogP contribution in [0, 0.1) is 13.8 Å². The second-order valence-corrected chi connectivity index (χ2v) is 6.97. The SMILES string of the molecule is Cc1ccc(C(=O)NCC(=O)NCC(c2ccc(C)o2)N2CCOCC2)cc1. The Morgan fingerprint density at radius 2 is 1.75 bits per heavy atom. The predicted octanol–water partition coefficient (Wildman–Crippen LogP) is 1.82. The zero-order chi connectivity index (χ0) is 19.9. The maximum atomic E-state index is 12.3. The van der Waals surface area contributed by atoms with Crippen LogP contribution in [0.25, 0.3) is 0 Å². The molecule has 28 heavy (non-hydrogen) atoms. The van der Waals surface area contributed by atoms with Crippen LogP contribution in [0.2, 0.25) is 0 Å². The van der Waals surface area contributed by atoms with E-state index in [9.17, 15) is 9.59 Å². The highest BCUT2D eigenvalue weighted by molar-refractivity contribution is 5.96. The van der Waals surface area contributed by atoms with Gasteiger partial charge in [-0.1, -0.05) is 17.7 Å². The Labute approximate surface area is 165 Å². The summed E-state index contributed by atoms with van der Waals surface area (Å²) in [5.74, 6) is 1.16. The maximum absolute atomic E-state index is 12.3. The Morgan fingerprint density at radius 1 is 1.04 bits per heavy atom. The summed E-state index contributed by atoms with van der Waals surface area (Å²) in [6.07, 6.45) is 0. The number of morpholine rings is 1. The fraction of sp³-hybridized carbons (Fsp3) is 0.429. The van der Waals surface area contributed by atoms with Gasteiger partial charge in [-0.3, -0.25) is 14.5 Å². The topological polar surface area (TPSA) is 83.8 Å². The quantitative estimate of drug-likeness (QED) is 0.760. The molecule has 1 saturated heterocycles. The molecule has 0 aliphatic carbocycles. The van der Waals surface area contributed by atoms with Gasteiger partial charge in [-0.2, -0.15) is 0 Å². The van der Waals surface area contributed by atoms with Gasteiger partial charge in [0.05, 0.1) is 25.8 Å². The minimum Gasteiger partial charge on any atom is -0.465 e. The molecule has 2 N–H and O–H groups in total. The second-order valence-electron chi connectivity index (χ2n) is 6.97. The maximum Gasteiger partial charge on any atom is 0.251 e. The van der Waals surface area contributed by atoms with Crippen LogP contribution < -0.4 is 10.6 Å². The van der Waals surface area contributed by atoms with E-state index in [2.05, 4.69) is 15.5 Å². The number of furan rings is 1. The third-order valence-electron chi connectivity index (χ3n) is 4.79. The van der Waals surface area contributed by atoms with E-state index < -0.39 is 0 Å². The average Bonchev–Trinajstić information content (AvgIpc) is 3.13. The van der Waals surface area contributed by atoms with Crippen molar-refractivity contribution in [3.8, 4) is 0 Å². The van der Waals surface area contributed by atoms with E-state index in [1.807, 2.05) is 38.1 Å². The molecular formula is C21H27N3O4. The first-order valence-electron chi connectivity index (χ1n) is 9.52. The fourth-order valence-corrected chi connectivity index (χ4v) is 3.17. The third-order valence-corrected chi connectivity index (χ3v) is 4.79. The first-order chi connectivity index (χ1) is 13.5. The van der Waals surface area contributed by atoms with Gasteiger partial charge in [-0.25, -0.2) is 0 Å². The lowest BCUT2D eigenvalue weighted by Gasteiger charge is -2.33. The molecule has 1 aromatic heterocycles. The first-order valence-corrected chi connectivity index (χ1v) is 9.52. The molecule has 0 bridgehead atoms. The lowest BCUT2D eigenvalue weighted by Crippen LogP contribution is -2.45. The van der Waals surface area contributed by atoms with Crippen LogP contribution in [0.15, 0.2) is 40.8 Å². The zero-order valence-electron chi connectivity index (χ0n) is 16.4. The molecule has 1 fully saturated rings. The Hall–Kier alpha value is -2.64. The molecule has 0 saturated carbocycles. The number of nitrogens with zero attached hydrogens (tertiary/aromatic N) is 1. The van der Waals surface area contributed by atoms with E-state index in [0.717, 1.165) is 30.2 Å². The summed E-state index contributed by atoms with van der Waals surface area (Å²) >= 11 is 0. The van der Waals surface area contributed by atoms with Crippen molar-refractivity contribution in [3.63, 3.8) is 0 Å². The van der Waals surface area contributed by atoms with Gasteiger partial charge in [0, 0.05) is 25.2 Å². The number of hydrogen-bond donors (Lipinski definition) is 2. The standard InChI is InChI=1S/C21H27N3O4/c1-15-3-6-17(7-4-15)21(26)23-14-20(25)22-13-18(19-8-5-16(2)28-19)24-9-11-27-12-10-24/h3-8,18H,9-14H2,1-2H3,(H,22,25)(H,23,26). The van der Waals surface area contributed by atoms with Crippen LogP contribution in [-0.4, -0.2) is 56.1 Å². The minimum atomic E-state index is -0.262. The predicted molar refractivity (Wildman–Crippen MR) is 105 cm³/mol. The van der Waals surface area contributed by atoms with Gasteiger partial charge < -0.3 is 19.8 Å². The highest BCUT2D eigenvalue weighted by Crippen LogP contribution is 2.23. The Balaban J connectivity index is 1.52. The highest BCUT2D eigenvalue weighted by atomic mass is 16.5. The lowest BCUT2D eigenvalue weighted by atomic mass is 10.1. The number of rotatable bonds is 7. The average molecular weight is 385 g/mol. The van der Waals surface area contributed by atoms with Crippen molar-refractivity contribution in [1.29, 1.82) is 0 Å². The number of hydrogen-bond acceptors (Lipinski definition) is 5. The van der Waals surface area contributed by atoms with Gasteiger partial charge >= 0.3 is 0 Å². The number of carbonyl (C=O) groups excluding carboxylic acids is 2. The van der Waals surface area contributed by atoms with Crippen molar-refractivity contribution >= 4 is 11.8 Å². The first kappa shape index (κ1) is 20.1. The summed E-state index contributed by atoms with van der Waals surface area (Å²) in [6.45, 7) is 7.09. The van der Waals surface area contributed by atoms with Crippen molar-refractivity contribution in [3.05, 3.63) is 59.0 Å². The normalized spacial score (nSPS) is 15.8. The zero-order valence-corrected chi connectivity index (χ0v) is 16.4. The fourth-order valence-electron chi connectivity index (χ4n) is 3.17. The number of aryl methyl sites for hydroxylation is 2. The Morgan fingerprint density at radius 3 is 2.39 bits per heavy atom. The van der Waals surface area contributed by atoms with Gasteiger partial charge in [0.15, 0.2) is 0 Å². The van der Waals surface area contributed by atoms with Crippen LogP contribution in [0.5, 0.6) is 0 Å². The van der Waals surface area contributed by atoms with Crippen molar-refractivity contribution in [2.75, 3.05) is 39.4 Å². The van der Waals surface area contributed by atoms with Crippen LogP contribution in [-0.2, 0) is 9.53 Å². The molecule has 0 radical (unpaired) electrons. The van der Waals surface area contributed by atoms with Gasteiger partial charge in [0.25, 0.3) is 5.91 Å². The summed E-state index contributed by atoms with van der Waals surface area (Å²) in [6, 6.07) is 11.0. The van der Waals surface area contributed by atoms with E-state index in [1.54, 1.807) is 12.1 Å². The summed E-state index contributed by atoms with van der Waals surface area (Å²) in [7, 11) is 0. The molecule has 7 heteroatoms. The van der Waals surface area contributed by atoms with Crippen molar-refractivity contribution in [2.24, 2.45) is 0 Å². The number of benzene rings is 1. The molecule has 2 heterocycles. The summed E-state index contributed by atoms with van der Waals surface area (Å²) < 4.78 is 11.2. The molecule has 1 aliphatic rings. The minimum absolute atomic E-state index is 0.0608. The summed E-state index contributed by atoms with van der Waals surface area (Å²) in [4.78, 5) is 26.6. The smallest absolute Gasteiger partial charge is 0.251 e. The highest BCUT2D eigenvalue weighted by Gasteiger charge is 2.25. The molecule has 1 aromatic carbocycles. The van der Waals surface area contributed by atoms with E-state index in [4.69, 9.17) is 9.15 Å². The Bertz CT molecular complexity index is 794. The molecule has 7 nitrogen and oxygen atoms in total. The van der Waals surface area contributed by atoms with Crippen LogP contribution in [0.1, 0.15) is 33.5 Å². The van der Waals surface area contributed by atoms with Crippen LogP contribution in [0.3, 0.4) is 0 Å². The summed E-state index contributed by atoms with van der Waals surface area (Å²) in [5.41, 5.74) is 1.62. The monoisotopic (exact) mass is 385 g/mol. The van der Waals surface area contributed by atoms with Gasteiger partial charge in [-0.15, -0.1) is 0 Å². The molecule has 0 spiro atoms. The van der Waals surface area contributed by atoms with E-state index in [-0.39, 0.29) is 24.4 Å². The van der Waals surface area contributed by atoms with Gasteiger partial charge in [0.2, 0.25) is 5.91 Å². The van der Waals surface area contributed by atoms with E-state index >= 15 is 0 Å². The van der Waals surface area contributed by atoms with Crippen molar-refractivity contribution < 1.29 is 18.7 Å². The van der Waals surface area contributed by atoms with E-state index in [1.165, 1.54) is 0 Å². The molecular weight excluding hydrogens is 358 g/mol. The number of amides is 2. The summed E-state index contributed by atoms with van der Waals surface area (Å²) in [5, 5.41) is 5.56. The molecule has 3 rings (SSSR count). The van der Waals surface area contributed by atoms with Crippen molar-refractivity contribution in [1.82, 2.24) is 15.5 Å². The number of nitrogens with one attached hydrogen (secondary N) is 2. The second kappa shape index (κ2) is 9.52. The third kappa shape index (κ3) is 5.43. The van der Waals surface area contributed by atoms with Crippen molar-refractivity contribution in [2.45, 2.75) is 19.9 Å². The van der Waals surface area contributed by atoms with Crippen LogP contribution >= 0.6 is 0 Å². The molecule has 150 valence electrons. The van der Waals surface area contributed by atoms with Crippen LogP contribution in [0.4, 0.5) is 0 Å². The van der Waals surface area contributed by atoms with E-state index in [0.29, 0.717) is 25.3 Å². The Kier molecular flexibility index (Phi) is 6.84. The van der Waals surface area contributed by atoms with Gasteiger partial charge in [-0.05, 0) is 38.1 Å². The molecule has 1 aliphatic heterocycles. The lowest BCUT2D eigenvalue weighted by molar-refractivity contribution is -0.120. The molecule has 2 amide bonds. The molecule has 1 unspecified atom stereocenters. The molecule has 2 aromatic rings. The molecule has 1 atom stereocenters. The largest absolute Gasteiger partial charge is 0.465 e. The van der Waals surface area contributed by atoms with Gasteiger partial charge in [0.1, 0.15) is 11.5 Å².